The van der Waals surface area contributed by atoms with Gasteiger partial charge in [0.05, 0.1) is 28.4 Å². The molecule has 1 atom stereocenters. The van der Waals surface area contributed by atoms with Gasteiger partial charge in [0.2, 0.25) is 0 Å². The van der Waals surface area contributed by atoms with Crippen LogP contribution in [0.5, 0.6) is 0 Å². The maximum Gasteiger partial charge on any atom is 0.296 e. The molecule has 6 nitrogen and oxygen atoms in total. The highest BCUT2D eigenvalue weighted by atomic mass is 32.2. The minimum absolute atomic E-state index is 0.00805. The average molecular weight is 312 g/mol. The Morgan fingerprint density at radius 3 is 2.67 bits per heavy atom. The smallest absolute Gasteiger partial charge is 0.296 e. The zero-order valence-electron chi connectivity index (χ0n) is 11.2. The molecule has 0 bridgehead atoms. The summed E-state index contributed by atoms with van der Waals surface area (Å²) in [5.41, 5.74) is 0.439. The molecule has 1 fully saturated rings. The predicted octanol–water partition coefficient (Wildman–Crippen LogP) is 0.584. The second-order valence-electron chi connectivity index (χ2n) is 5.30. The van der Waals surface area contributed by atoms with Gasteiger partial charge in [-0.2, -0.15) is 0 Å². The van der Waals surface area contributed by atoms with Gasteiger partial charge in [0, 0.05) is 13.1 Å². The molecule has 21 heavy (non-hydrogen) atoms. The van der Waals surface area contributed by atoms with Crippen molar-refractivity contribution in [1.29, 1.82) is 0 Å². The van der Waals surface area contributed by atoms with E-state index in [-0.39, 0.29) is 34.5 Å². The third kappa shape index (κ3) is 2.29. The number of fused-ring (bicyclic) bond motifs is 1. The highest BCUT2D eigenvalue weighted by Gasteiger charge is 2.34. The monoisotopic (exact) mass is 312 g/mol. The van der Waals surface area contributed by atoms with Gasteiger partial charge in [-0.15, -0.1) is 0 Å². The number of carbonyl (C=O) groups is 2. The molecule has 1 amide bonds. The largest absolute Gasteiger partial charge is 0.368 e. The molecule has 1 unspecified atom stereocenters. The van der Waals surface area contributed by atoms with Crippen LogP contribution in [0.3, 0.4) is 0 Å². The lowest BCUT2D eigenvalue weighted by Gasteiger charge is -2.26. The van der Waals surface area contributed by atoms with Gasteiger partial charge in [-0.05, 0) is 18.6 Å². The molecule has 0 aromatic heterocycles. The zero-order chi connectivity index (χ0) is 15.4. The van der Waals surface area contributed by atoms with E-state index in [0.29, 0.717) is 6.42 Å². The predicted molar refractivity (Wildman–Crippen MR) is 74.8 cm³/mol. The zero-order valence-corrected chi connectivity index (χ0v) is 12.0. The summed E-state index contributed by atoms with van der Waals surface area (Å²) in [6.07, 6.45) is 0.431. The first-order chi connectivity index (χ1) is 9.78. The number of benzene rings is 1. The highest BCUT2D eigenvalue weighted by molar-refractivity contribution is 7.91. The van der Waals surface area contributed by atoms with Crippen molar-refractivity contribution in [3.05, 3.63) is 23.5 Å². The Morgan fingerprint density at radius 1 is 1.33 bits per heavy atom. The summed E-state index contributed by atoms with van der Waals surface area (Å²) in [6.45, 7) is 0. The van der Waals surface area contributed by atoms with Crippen LogP contribution in [0.2, 0.25) is 0 Å². The van der Waals surface area contributed by atoms with Crippen molar-refractivity contribution >= 4 is 32.9 Å². The van der Waals surface area contributed by atoms with Crippen molar-refractivity contribution in [2.24, 2.45) is 0 Å². The minimum atomic E-state index is -3.08. The standard InChI is InChI=1S/C13H13FN2O4S/c1-16(7-2-3-21(19,20)6-7)11-5-10-8(4-9(11)14)12(17)13(18)15-10/h4-5,7H,2-3,6H2,1H3,(H,15,17,18). The van der Waals surface area contributed by atoms with E-state index < -0.39 is 27.3 Å². The number of ketones is 1. The van der Waals surface area contributed by atoms with Gasteiger partial charge in [0.25, 0.3) is 11.7 Å². The van der Waals surface area contributed by atoms with Gasteiger partial charge >= 0.3 is 0 Å². The molecule has 1 aromatic carbocycles. The normalized spacial score (nSPS) is 23.0. The molecule has 2 aliphatic rings. The van der Waals surface area contributed by atoms with E-state index in [9.17, 15) is 22.4 Å². The van der Waals surface area contributed by atoms with Gasteiger partial charge in [-0.1, -0.05) is 0 Å². The maximum absolute atomic E-state index is 14.2. The molecule has 1 N–H and O–H groups in total. The number of hydrogen-bond acceptors (Lipinski definition) is 5. The molecule has 0 saturated carbocycles. The number of anilines is 2. The Labute approximate surface area is 120 Å². The first-order valence-corrected chi connectivity index (χ1v) is 8.23. The maximum atomic E-state index is 14.2. The van der Waals surface area contributed by atoms with E-state index in [0.717, 1.165) is 6.07 Å². The van der Waals surface area contributed by atoms with E-state index in [1.807, 2.05) is 0 Å². The lowest BCUT2D eigenvalue weighted by molar-refractivity contribution is -0.112. The van der Waals surface area contributed by atoms with Gasteiger partial charge in [0.15, 0.2) is 9.84 Å². The van der Waals surface area contributed by atoms with E-state index in [2.05, 4.69) is 5.32 Å². The van der Waals surface area contributed by atoms with E-state index in [1.54, 1.807) is 11.9 Å². The number of Topliss-reactive ketones (excluding diaryl/α,β-unsaturated/α-hetero) is 1. The number of carbonyl (C=O) groups excluding carboxylic acids is 2. The third-order valence-corrected chi connectivity index (χ3v) is 5.67. The summed E-state index contributed by atoms with van der Waals surface area (Å²) in [4.78, 5) is 24.3. The Bertz CT molecular complexity index is 760. The van der Waals surface area contributed by atoms with Gasteiger partial charge < -0.3 is 10.2 Å². The Balaban J connectivity index is 1.95. The fourth-order valence-electron chi connectivity index (χ4n) is 2.70. The van der Waals surface area contributed by atoms with Gasteiger partial charge in [-0.3, -0.25) is 9.59 Å². The second kappa shape index (κ2) is 4.52. The molecule has 1 saturated heterocycles. The Hall–Kier alpha value is -1.96. The summed E-state index contributed by atoms with van der Waals surface area (Å²) in [7, 11) is -1.47. The van der Waals surface area contributed by atoms with Crippen LogP contribution >= 0.6 is 0 Å². The molecule has 0 spiro atoms. The summed E-state index contributed by atoms with van der Waals surface area (Å²) in [5, 5.41) is 2.38. The highest BCUT2D eigenvalue weighted by Crippen LogP contribution is 2.33. The van der Waals surface area contributed by atoms with E-state index in [1.165, 1.54) is 6.07 Å². The van der Waals surface area contributed by atoms with E-state index in [4.69, 9.17) is 0 Å². The van der Waals surface area contributed by atoms with Crippen LogP contribution in [0.4, 0.5) is 15.8 Å². The first kappa shape index (κ1) is 14.0. The number of nitrogens with zero attached hydrogens (tertiary/aromatic N) is 1. The quantitative estimate of drug-likeness (QED) is 0.808. The van der Waals surface area contributed by atoms with Crippen LogP contribution in [0.1, 0.15) is 16.8 Å². The number of hydrogen-bond donors (Lipinski definition) is 1. The fraction of sp³-hybridized carbons (Fsp3) is 0.385. The molecule has 112 valence electrons. The van der Waals surface area contributed by atoms with Crippen molar-refractivity contribution < 1.29 is 22.4 Å². The number of halogens is 1. The van der Waals surface area contributed by atoms with E-state index >= 15 is 0 Å². The van der Waals surface area contributed by atoms with Gasteiger partial charge in [-0.25, -0.2) is 12.8 Å². The summed E-state index contributed by atoms with van der Waals surface area (Å²) < 4.78 is 37.2. The number of nitrogens with one attached hydrogen (secondary N) is 1. The Kier molecular flexibility index (Phi) is 3.01. The van der Waals surface area contributed by atoms with Gasteiger partial charge in [0.1, 0.15) is 5.82 Å². The molecule has 3 rings (SSSR count). The number of sulfone groups is 1. The SMILES string of the molecule is CN(c1cc2c(cc1F)C(=O)C(=O)N2)C1CCS(=O)(=O)C1. The lowest BCUT2D eigenvalue weighted by atomic mass is 10.1. The molecule has 0 aliphatic carbocycles. The topological polar surface area (TPSA) is 83.6 Å². The fourth-order valence-corrected chi connectivity index (χ4v) is 4.48. The molecule has 8 heteroatoms. The molecular weight excluding hydrogens is 299 g/mol. The summed E-state index contributed by atoms with van der Waals surface area (Å²) >= 11 is 0. The minimum Gasteiger partial charge on any atom is -0.368 e. The van der Waals surface area contributed by atoms with Crippen LogP contribution in [0.25, 0.3) is 0 Å². The molecule has 1 aromatic rings. The molecule has 2 aliphatic heterocycles. The van der Waals surface area contributed by atoms with Crippen LogP contribution in [0, 0.1) is 5.82 Å². The molecular formula is C13H13FN2O4S. The molecule has 2 heterocycles. The summed E-state index contributed by atoms with van der Waals surface area (Å²) in [6, 6.07) is 2.08. The van der Waals surface area contributed by atoms with Crippen molar-refractivity contribution in [3.8, 4) is 0 Å². The van der Waals surface area contributed by atoms with Crippen LogP contribution in [-0.4, -0.2) is 44.7 Å². The summed E-state index contributed by atoms with van der Waals surface area (Å²) in [5.74, 6) is -2.13. The first-order valence-electron chi connectivity index (χ1n) is 6.41. The van der Waals surface area contributed by atoms with Crippen LogP contribution in [-0.2, 0) is 14.6 Å². The van der Waals surface area contributed by atoms with Crippen molar-refractivity contribution in [3.63, 3.8) is 0 Å². The van der Waals surface area contributed by atoms with Crippen molar-refractivity contribution in [1.82, 2.24) is 0 Å². The Morgan fingerprint density at radius 2 is 2.05 bits per heavy atom. The van der Waals surface area contributed by atoms with Crippen molar-refractivity contribution in [2.45, 2.75) is 12.5 Å². The molecule has 0 radical (unpaired) electrons. The lowest BCUT2D eigenvalue weighted by Crippen LogP contribution is -2.33. The average Bonchev–Trinajstić information content (AvgIpc) is 2.90. The number of rotatable bonds is 2. The van der Waals surface area contributed by atoms with Crippen LogP contribution in [0.15, 0.2) is 12.1 Å². The van der Waals surface area contributed by atoms with Crippen LogP contribution < -0.4 is 10.2 Å². The second-order valence-corrected chi connectivity index (χ2v) is 7.53. The number of amides is 1. The van der Waals surface area contributed by atoms with Crippen molar-refractivity contribution in [2.75, 3.05) is 28.8 Å². The third-order valence-electron chi connectivity index (χ3n) is 3.92.